The number of unbranched alkanes of at least 4 members (excludes halogenated alkanes) is 4. The molecule has 0 aliphatic carbocycles. The number of carbonyl (C=O) groups is 2. The zero-order valence-corrected chi connectivity index (χ0v) is 17.8. The Morgan fingerprint density at radius 1 is 0.963 bits per heavy atom. The number of carbonyl (C=O) groups excluding carboxylic acids is 2. The molecule has 0 bridgehead atoms. The van der Waals surface area contributed by atoms with Gasteiger partial charge in [-0.2, -0.15) is 0 Å². The lowest BCUT2D eigenvalue weighted by Crippen LogP contribution is -2.24. The summed E-state index contributed by atoms with van der Waals surface area (Å²) in [6, 6.07) is 0. The molecule has 0 heterocycles. The first-order chi connectivity index (χ1) is 12.9. The van der Waals surface area contributed by atoms with E-state index in [2.05, 4.69) is 32.3 Å². The van der Waals surface area contributed by atoms with E-state index in [9.17, 15) is 9.59 Å². The molecule has 154 valence electrons. The Kier molecular flexibility index (Phi) is 15.3. The molecule has 0 radical (unpaired) electrons. The van der Waals surface area contributed by atoms with Crippen LogP contribution in [-0.2, 0) is 19.1 Å². The van der Waals surface area contributed by atoms with Crippen LogP contribution in [0.2, 0.25) is 0 Å². The summed E-state index contributed by atoms with van der Waals surface area (Å²) in [6.07, 6.45) is 8.03. The first kappa shape index (κ1) is 25.2. The molecule has 4 heteroatoms. The maximum atomic E-state index is 12.1. The third kappa shape index (κ3) is 15.0. The van der Waals surface area contributed by atoms with E-state index in [0.717, 1.165) is 31.3 Å². The zero-order chi connectivity index (χ0) is 20.5. The summed E-state index contributed by atoms with van der Waals surface area (Å²) in [5.74, 6) is 5.53. The summed E-state index contributed by atoms with van der Waals surface area (Å²) in [5, 5.41) is 0. The Bertz CT molecular complexity index is 498. The molecular formula is C23H38O4. The van der Waals surface area contributed by atoms with Gasteiger partial charge in [-0.05, 0) is 31.8 Å². The predicted molar refractivity (Wildman–Crippen MR) is 110 cm³/mol. The number of rotatable bonds is 14. The van der Waals surface area contributed by atoms with Gasteiger partial charge >= 0.3 is 11.9 Å². The Morgan fingerprint density at radius 2 is 1.63 bits per heavy atom. The third-order valence-electron chi connectivity index (χ3n) is 4.22. The van der Waals surface area contributed by atoms with E-state index in [0.29, 0.717) is 13.0 Å². The fraction of sp³-hybridized carbons (Fsp3) is 0.739. The summed E-state index contributed by atoms with van der Waals surface area (Å²) >= 11 is 0. The lowest BCUT2D eigenvalue weighted by atomic mass is 9.99. The highest BCUT2D eigenvalue weighted by Gasteiger charge is 2.19. The number of hydrogen-bond acceptors (Lipinski definition) is 4. The van der Waals surface area contributed by atoms with Gasteiger partial charge in [0.2, 0.25) is 0 Å². The van der Waals surface area contributed by atoms with Crippen molar-refractivity contribution in [2.45, 2.75) is 98.0 Å². The molecule has 27 heavy (non-hydrogen) atoms. The molecule has 0 rings (SSSR count). The van der Waals surface area contributed by atoms with Crippen molar-refractivity contribution in [2.24, 2.45) is 5.92 Å². The number of hydrogen-bond donors (Lipinski definition) is 0. The van der Waals surface area contributed by atoms with Gasteiger partial charge in [0.1, 0.15) is 0 Å². The zero-order valence-electron chi connectivity index (χ0n) is 17.8. The van der Waals surface area contributed by atoms with Crippen molar-refractivity contribution in [3.8, 4) is 11.8 Å². The molecule has 0 amide bonds. The Balaban J connectivity index is 4.11. The van der Waals surface area contributed by atoms with Crippen molar-refractivity contribution in [3.05, 3.63) is 12.2 Å². The molecule has 0 saturated heterocycles. The van der Waals surface area contributed by atoms with Crippen LogP contribution in [0.4, 0.5) is 0 Å². The Labute approximate surface area is 166 Å². The van der Waals surface area contributed by atoms with Gasteiger partial charge in [0.25, 0.3) is 0 Å². The monoisotopic (exact) mass is 378 g/mol. The van der Waals surface area contributed by atoms with Crippen LogP contribution < -0.4 is 0 Å². The summed E-state index contributed by atoms with van der Waals surface area (Å²) in [5.41, 5.74) is 0.747. The molecule has 2 atom stereocenters. The van der Waals surface area contributed by atoms with Gasteiger partial charge in [0.15, 0.2) is 6.10 Å². The lowest BCUT2D eigenvalue weighted by Gasteiger charge is -2.19. The second-order valence-electron chi connectivity index (χ2n) is 7.21. The fourth-order valence-corrected chi connectivity index (χ4v) is 2.63. The van der Waals surface area contributed by atoms with Gasteiger partial charge in [-0.3, -0.25) is 9.59 Å². The Morgan fingerprint density at radius 3 is 2.26 bits per heavy atom. The number of esters is 2. The molecule has 0 saturated carbocycles. The van der Waals surface area contributed by atoms with E-state index in [4.69, 9.17) is 9.47 Å². The first-order valence-corrected chi connectivity index (χ1v) is 10.4. The second-order valence-corrected chi connectivity index (χ2v) is 7.21. The molecule has 0 aliphatic rings. The highest BCUT2D eigenvalue weighted by atomic mass is 16.5. The molecule has 0 N–H and O–H groups in total. The van der Waals surface area contributed by atoms with Crippen molar-refractivity contribution in [2.75, 3.05) is 6.61 Å². The Hall–Kier alpha value is -1.76. The van der Waals surface area contributed by atoms with Crippen LogP contribution in [0.3, 0.4) is 0 Å². The van der Waals surface area contributed by atoms with Gasteiger partial charge in [-0.25, -0.2) is 0 Å². The first-order valence-electron chi connectivity index (χ1n) is 10.4. The van der Waals surface area contributed by atoms with Crippen molar-refractivity contribution in [1.82, 2.24) is 0 Å². The van der Waals surface area contributed by atoms with Crippen LogP contribution in [0, 0.1) is 17.8 Å². The summed E-state index contributed by atoms with van der Waals surface area (Å²) in [7, 11) is 0. The van der Waals surface area contributed by atoms with Crippen LogP contribution >= 0.6 is 0 Å². The van der Waals surface area contributed by atoms with E-state index in [1.165, 1.54) is 19.3 Å². The van der Waals surface area contributed by atoms with Gasteiger partial charge < -0.3 is 9.47 Å². The predicted octanol–water partition coefficient (Wildman–Crippen LogP) is 5.60. The van der Waals surface area contributed by atoms with Crippen LogP contribution in [-0.4, -0.2) is 24.6 Å². The summed E-state index contributed by atoms with van der Waals surface area (Å²) in [4.78, 5) is 23.8. The van der Waals surface area contributed by atoms with Gasteiger partial charge in [0.05, 0.1) is 6.61 Å². The second kappa shape index (κ2) is 16.4. The van der Waals surface area contributed by atoms with Crippen molar-refractivity contribution >= 4 is 11.9 Å². The minimum Gasteiger partial charge on any atom is -0.466 e. The van der Waals surface area contributed by atoms with Crippen molar-refractivity contribution < 1.29 is 19.1 Å². The average Bonchev–Trinajstić information content (AvgIpc) is 2.61. The molecule has 0 aliphatic heterocycles. The average molecular weight is 379 g/mol. The number of allylic oxidation sites excluding steroid dienone is 1. The number of ether oxygens (including phenoxy) is 2. The SMILES string of the molecule is C=C(C)C#CC(OC(=O)CCCC(=O)OCCCCCCC)C(C)CCC. The lowest BCUT2D eigenvalue weighted by molar-refractivity contribution is -0.149. The maximum Gasteiger partial charge on any atom is 0.307 e. The van der Waals surface area contributed by atoms with Crippen LogP contribution in [0.5, 0.6) is 0 Å². The van der Waals surface area contributed by atoms with Crippen LogP contribution in [0.1, 0.15) is 91.9 Å². The largest absolute Gasteiger partial charge is 0.466 e. The molecule has 0 aromatic heterocycles. The molecule has 4 nitrogen and oxygen atoms in total. The third-order valence-corrected chi connectivity index (χ3v) is 4.22. The van der Waals surface area contributed by atoms with E-state index >= 15 is 0 Å². The molecule has 0 aromatic rings. The van der Waals surface area contributed by atoms with Crippen molar-refractivity contribution in [1.29, 1.82) is 0 Å². The maximum absolute atomic E-state index is 12.1. The molecule has 2 unspecified atom stereocenters. The topological polar surface area (TPSA) is 52.6 Å². The molecule has 0 fully saturated rings. The molecule has 0 spiro atoms. The highest BCUT2D eigenvalue weighted by molar-refractivity contribution is 5.72. The van der Waals surface area contributed by atoms with Gasteiger partial charge in [-0.1, -0.05) is 71.3 Å². The quantitative estimate of drug-likeness (QED) is 0.224. The van der Waals surface area contributed by atoms with E-state index < -0.39 is 6.10 Å². The van der Waals surface area contributed by atoms with E-state index in [-0.39, 0.29) is 30.7 Å². The summed E-state index contributed by atoms with van der Waals surface area (Å²) < 4.78 is 10.7. The normalized spacial score (nSPS) is 12.4. The van der Waals surface area contributed by atoms with Gasteiger partial charge in [-0.15, -0.1) is 0 Å². The van der Waals surface area contributed by atoms with E-state index in [1.807, 2.05) is 13.8 Å². The smallest absolute Gasteiger partial charge is 0.307 e. The summed E-state index contributed by atoms with van der Waals surface area (Å²) in [6.45, 7) is 12.4. The minimum atomic E-state index is -0.427. The molecule has 0 aromatic carbocycles. The van der Waals surface area contributed by atoms with Crippen molar-refractivity contribution in [3.63, 3.8) is 0 Å². The van der Waals surface area contributed by atoms with E-state index in [1.54, 1.807) is 0 Å². The minimum absolute atomic E-state index is 0.170. The standard InChI is InChI=1S/C23H38O4/c1-6-8-9-10-11-18-26-22(24)14-12-15-23(25)27-21(17-16-19(3)4)20(5)13-7-2/h20-21H,3,6-15,18H2,1-2,4-5H3. The molecular weight excluding hydrogens is 340 g/mol. The van der Waals surface area contributed by atoms with Crippen LogP contribution in [0.15, 0.2) is 12.2 Å². The van der Waals surface area contributed by atoms with Crippen LogP contribution in [0.25, 0.3) is 0 Å². The highest BCUT2D eigenvalue weighted by Crippen LogP contribution is 2.15. The fourth-order valence-electron chi connectivity index (χ4n) is 2.63. The van der Waals surface area contributed by atoms with Gasteiger partial charge in [0, 0.05) is 18.8 Å².